The summed E-state index contributed by atoms with van der Waals surface area (Å²) in [7, 11) is 1.46. The first-order valence-corrected chi connectivity index (χ1v) is 3.00. The second-order valence-corrected chi connectivity index (χ2v) is 2.04. The molecule has 1 rings (SSSR count). The molecular weight excluding hydrogens is 164 g/mol. The number of imidazole rings is 1. The first-order valence-electron chi connectivity index (χ1n) is 3.00. The normalized spacial score (nSPS) is 10.8. The lowest BCUT2D eigenvalue weighted by Crippen LogP contribution is -2.00. The van der Waals surface area contributed by atoms with Crippen molar-refractivity contribution in [2.24, 2.45) is 12.2 Å². The van der Waals surface area contributed by atoms with Gasteiger partial charge in [0.15, 0.2) is 0 Å². The Morgan fingerprint density at radius 3 is 3.00 bits per heavy atom. The minimum absolute atomic E-state index is 0.148. The van der Waals surface area contributed by atoms with Gasteiger partial charge < -0.3 is 15.3 Å². The molecule has 0 aliphatic rings. The highest BCUT2D eigenvalue weighted by Crippen LogP contribution is 2.09. The molecule has 1 aromatic heterocycles. The first kappa shape index (κ1) is 8.18. The van der Waals surface area contributed by atoms with Gasteiger partial charge >= 0.3 is 5.82 Å². The fourth-order valence-electron chi connectivity index (χ4n) is 0.756. The quantitative estimate of drug-likeness (QED) is 0.295. The van der Waals surface area contributed by atoms with E-state index in [0.717, 1.165) is 12.4 Å². The Morgan fingerprint density at radius 1 is 1.92 bits per heavy atom. The first-order chi connectivity index (χ1) is 5.66. The molecule has 7 heteroatoms. The van der Waals surface area contributed by atoms with Crippen LogP contribution in [-0.4, -0.2) is 25.9 Å². The van der Waals surface area contributed by atoms with E-state index in [1.807, 2.05) is 0 Å². The maximum atomic E-state index is 10.3. The number of hydrogen-bond donors (Lipinski definition) is 1. The van der Waals surface area contributed by atoms with Gasteiger partial charge in [-0.15, -0.1) is 0 Å². The van der Waals surface area contributed by atoms with Gasteiger partial charge in [0.25, 0.3) is 0 Å². The Labute approximate surface area is 67.1 Å². The van der Waals surface area contributed by atoms with Crippen molar-refractivity contribution in [3.05, 3.63) is 22.1 Å². The molecule has 0 saturated heterocycles. The summed E-state index contributed by atoms with van der Waals surface area (Å²) < 4.78 is 1.21. The lowest BCUT2D eigenvalue weighted by Gasteiger charge is -1.92. The monoisotopic (exact) mass is 170 g/mol. The van der Waals surface area contributed by atoms with Crippen LogP contribution in [-0.2, 0) is 7.05 Å². The molecule has 1 heterocycles. The molecule has 0 saturated carbocycles. The summed E-state index contributed by atoms with van der Waals surface area (Å²) in [6.07, 6.45) is 2.12. The van der Waals surface area contributed by atoms with Crippen molar-refractivity contribution in [2.75, 3.05) is 0 Å². The predicted molar refractivity (Wildman–Crippen MR) is 39.2 cm³/mol. The second kappa shape index (κ2) is 2.99. The number of nitro groups is 1. The van der Waals surface area contributed by atoms with E-state index in [0.29, 0.717) is 0 Å². The number of aromatic nitrogens is 2. The Balaban J connectivity index is 3.12. The Kier molecular flexibility index (Phi) is 2.04. The van der Waals surface area contributed by atoms with Gasteiger partial charge in [0, 0.05) is 0 Å². The van der Waals surface area contributed by atoms with Crippen LogP contribution in [0.15, 0.2) is 11.4 Å². The molecule has 0 aliphatic carbocycles. The molecule has 0 radical (unpaired) electrons. The number of rotatable bonds is 2. The van der Waals surface area contributed by atoms with E-state index in [1.54, 1.807) is 0 Å². The van der Waals surface area contributed by atoms with Crippen LogP contribution in [0.2, 0.25) is 0 Å². The van der Waals surface area contributed by atoms with Gasteiger partial charge in [0.05, 0.1) is 7.05 Å². The average molecular weight is 170 g/mol. The van der Waals surface area contributed by atoms with Crippen LogP contribution in [0, 0.1) is 10.1 Å². The molecule has 0 spiro atoms. The van der Waals surface area contributed by atoms with Crippen LogP contribution in [0.25, 0.3) is 0 Å². The van der Waals surface area contributed by atoms with E-state index < -0.39 is 4.92 Å². The van der Waals surface area contributed by atoms with E-state index in [9.17, 15) is 10.1 Å². The standard InChI is InChI=1S/C5H6N4O3/c1-8-4(2-7-10)6-3-5(8)9(11)12/h2-3,10H,1H3. The third-order valence-electron chi connectivity index (χ3n) is 1.36. The highest BCUT2D eigenvalue weighted by Gasteiger charge is 2.14. The number of hydrogen-bond acceptors (Lipinski definition) is 5. The summed E-state index contributed by atoms with van der Waals surface area (Å²) in [6.45, 7) is 0. The van der Waals surface area contributed by atoms with Crippen molar-refractivity contribution in [3.63, 3.8) is 0 Å². The molecule has 0 amide bonds. The van der Waals surface area contributed by atoms with Gasteiger partial charge in [0.2, 0.25) is 5.82 Å². The van der Waals surface area contributed by atoms with E-state index in [4.69, 9.17) is 5.21 Å². The van der Waals surface area contributed by atoms with Gasteiger partial charge in [-0.2, -0.15) is 0 Å². The van der Waals surface area contributed by atoms with E-state index in [1.165, 1.54) is 11.6 Å². The maximum absolute atomic E-state index is 10.3. The second-order valence-electron chi connectivity index (χ2n) is 2.04. The van der Waals surface area contributed by atoms with Crippen molar-refractivity contribution in [1.82, 2.24) is 9.55 Å². The summed E-state index contributed by atoms with van der Waals surface area (Å²) >= 11 is 0. The highest BCUT2D eigenvalue weighted by atomic mass is 16.6. The third-order valence-corrected chi connectivity index (χ3v) is 1.36. The van der Waals surface area contributed by atoms with E-state index in [-0.39, 0.29) is 11.6 Å². The molecule has 0 bridgehead atoms. The third kappa shape index (κ3) is 1.24. The Morgan fingerprint density at radius 2 is 2.58 bits per heavy atom. The molecule has 1 N–H and O–H groups in total. The molecule has 0 atom stereocenters. The lowest BCUT2D eigenvalue weighted by molar-refractivity contribution is -0.391. The minimum atomic E-state index is -0.568. The largest absolute Gasteiger partial charge is 0.411 e. The van der Waals surface area contributed by atoms with Crippen molar-refractivity contribution in [2.45, 2.75) is 0 Å². The molecule has 7 nitrogen and oxygen atoms in total. The molecule has 1 aromatic rings. The average Bonchev–Trinajstić information content (AvgIpc) is 2.34. The minimum Gasteiger partial charge on any atom is -0.411 e. The summed E-state index contributed by atoms with van der Waals surface area (Å²) in [5.41, 5.74) is 0. The molecule has 12 heavy (non-hydrogen) atoms. The smallest absolute Gasteiger partial charge is 0.342 e. The fourth-order valence-corrected chi connectivity index (χ4v) is 0.756. The summed E-state index contributed by atoms with van der Waals surface area (Å²) in [4.78, 5) is 13.3. The Bertz CT molecular complexity index is 329. The van der Waals surface area contributed by atoms with Gasteiger partial charge in [0.1, 0.15) is 12.4 Å². The molecule has 64 valence electrons. The fraction of sp³-hybridized carbons (Fsp3) is 0.200. The van der Waals surface area contributed by atoms with E-state index in [2.05, 4.69) is 10.1 Å². The van der Waals surface area contributed by atoms with Crippen LogP contribution in [0.4, 0.5) is 5.82 Å². The molecule has 0 aliphatic heterocycles. The van der Waals surface area contributed by atoms with Crippen LogP contribution < -0.4 is 0 Å². The van der Waals surface area contributed by atoms with Crippen molar-refractivity contribution >= 4 is 12.0 Å². The maximum Gasteiger partial charge on any atom is 0.342 e. The molecule has 0 unspecified atom stereocenters. The lowest BCUT2D eigenvalue weighted by atomic mass is 10.6. The van der Waals surface area contributed by atoms with Crippen molar-refractivity contribution < 1.29 is 10.1 Å². The summed E-state index contributed by atoms with van der Waals surface area (Å²) in [5, 5.41) is 21.1. The van der Waals surface area contributed by atoms with Crippen molar-refractivity contribution in [1.29, 1.82) is 0 Å². The molecule has 0 fully saturated rings. The predicted octanol–water partition coefficient (Wildman–Crippen LogP) is 0.136. The van der Waals surface area contributed by atoms with Crippen LogP contribution in [0.3, 0.4) is 0 Å². The van der Waals surface area contributed by atoms with Crippen LogP contribution in [0.5, 0.6) is 0 Å². The van der Waals surface area contributed by atoms with E-state index >= 15 is 0 Å². The topological polar surface area (TPSA) is 93.5 Å². The van der Waals surface area contributed by atoms with Gasteiger partial charge in [-0.1, -0.05) is 5.16 Å². The zero-order valence-electron chi connectivity index (χ0n) is 6.21. The van der Waals surface area contributed by atoms with Gasteiger partial charge in [-0.3, -0.25) is 0 Å². The van der Waals surface area contributed by atoms with Gasteiger partial charge in [-0.05, 0) is 4.92 Å². The van der Waals surface area contributed by atoms with Crippen LogP contribution >= 0.6 is 0 Å². The zero-order valence-corrected chi connectivity index (χ0v) is 6.21. The zero-order chi connectivity index (χ0) is 9.14. The summed E-state index contributed by atoms with van der Waals surface area (Å²) in [5.74, 6) is 0.0779. The molecular formula is C5H6N4O3. The number of oxime groups is 1. The Hall–Kier alpha value is -1.92. The van der Waals surface area contributed by atoms with Gasteiger partial charge in [-0.25, -0.2) is 9.55 Å². The SMILES string of the molecule is Cn1c([N+](=O)[O-])cnc1C=NO. The highest BCUT2D eigenvalue weighted by molar-refractivity contribution is 5.74. The molecule has 0 aromatic carbocycles. The van der Waals surface area contributed by atoms with Crippen LogP contribution in [0.1, 0.15) is 5.82 Å². The van der Waals surface area contributed by atoms with Crippen molar-refractivity contribution in [3.8, 4) is 0 Å². The number of nitrogens with zero attached hydrogens (tertiary/aromatic N) is 4. The summed E-state index contributed by atoms with van der Waals surface area (Å²) in [6, 6.07) is 0.